The molecule has 0 unspecified atom stereocenters. The van der Waals surface area contributed by atoms with Crippen LogP contribution in [0, 0.1) is 37.1 Å². The molecule has 0 atom stereocenters. The Morgan fingerprint density at radius 3 is 1.00 bits per heavy atom. The topological polar surface area (TPSA) is 52.6 Å². The van der Waals surface area contributed by atoms with Crippen LogP contribution in [0.15, 0.2) is 131 Å². The average Bonchev–Trinajstić information content (AvgIpc) is 3.08. The summed E-state index contributed by atoms with van der Waals surface area (Å²) in [6.07, 6.45) is -9.01. The lowest BCUT2D eigenvalue weighted by molar-refractivity contribution is -0.190. The Bertz CT molecular complexity index is 2190. The van der Waals surface area contributed by atoms with Gasteiger partial charge in [0.15, 0.2) is 0 Å². The van der Waals surface area contributed by atoms with Gasteiger partial charge in [-0.1, -0.05) is 59.7 Å². The van der Waals surface area contributed by atoms with Crippen molar-refractivity contribution in [3.05, 3.63) is 167 Å². The monoisotopic (exact) mass is 754 g/mol. The van der Waals surface area contributed by atoms with E-state index in [1.54, 1.807) is 62.4 Å². The molecule has 6 aromatic rings. The van der Waals surface area contributed by atoms with E-state index in [-0.39, 0.29) is 11.1 Å². The molecule has 0 aliphatic rings. The second-order valence-electron chi connectivity index (χ2n) is 12.0. The molecule has 0 saturated heterocycles. The van der Waals surface area contributed by atoms with Crippen molar-refractivity contribution in [3.63, 3.8) is 0 Å². The van der Waals surface area contributed by atoms with E-state index in [2.05, 4.69) is 9.47 Å². The van der Waals surface area contributed by atoms with Gasteiger partial charge in [-0.3, -0.25) is 0 Å². The Morgan fingerprint density at radius 1 is 0.434 bits per heavy atom. The normalized spacial score (nSPS) is 12.1. The first-order valence-electron chi connectivity index (χ1n) is 15.7. The van der Waals surface area contributed by atoms with E-state index in [0.717, 1.165) is 83.9 Å². The van der Waals surface area contributed by atoms with Crippen LogP contribution in [0.1, 0.15) is 22.3 Å². The fourth-order valence-electron chi connectivity index (χ4n) is 5.44. The molecule has 0 bridgehead atoms. The molecule has 0 aromatic heterocycles. The molecule has 0 aliphatic carbocycles. The molecule has 13 heteroatoms. The standard InChI is InChI=1S/C40H26F8O4S/c1-23-3-7-25(8-4-23)27-19-33(41)37(34(42)20-27)39(45,46)51-29-11-15-31(16-12-29)53(49,50)32-17-13-30(14-18-32)52-40(47,48)38-35(43)21-28(22-36(38)44)26-9-5-24(2)6-10-26/h3-22H,1-2H3. The Kier molecular flexibility index (Phi) is 9.82. The minimum Gasteiger partial charge on any atom is -0.429 e. The number of sulfone groups is 1. The largest absolute Gasteiger partial charge is 0.432 e. The molecule has 0 fully saturated rings. The van der Waals surface area contributed by atoms with Crippen molar-refractivity contribution >= 4 is 9.84 Å². The first kappa shape index (κ1) is 37.1. The maximum Gasteiger partial charge on any atom is 0.432 e. The summed E-state index contributed by atoms with van der Waals surface area (Å²) in [5, 5.41) is 0. The smallest absolute Gasteiger partial charge is 0.429 e. The van der Waals surface area contributed by atoms with Crippen LogP contribution in [0.3, 0.4) is 0 Å². The second-order valence-corrected chi connectivity index (χ2v) is 14.0. The third-order valence-electron chi connectivity index (χ3n) is 8.20. The van der Waals surface area contributed by atoms with Crippen molar-refractivity contribution in [2.24, 2.45) is 0 Å². The molecule has 272 valence electrons. The first-order valence-corrected chi connectivity index (χ1v) is 17.1. The number of hydrogen-bond acceptors (Lipinski definition) is 4. The van der Waals surface area contributed by atoms with Crippen molar-refractivity contribution in [3.8, 4) is 33.8 Å². The minimum atomic E-state index is -4.51. The molecular weight excluding hydrogens is 728 g/mol. The molecule has 0 saturated carbocycles. The van der Waals surface area contributed by atoms with E-state index in [4.69, 9.17) is 0 Å². The molecule has 53 heavy (non-hydrogen) atoms. The van der Waals surface area contributed by atoms with Gasteiger partial charge in [-0.2, -0.15) is 17.6 Å². The van der Waals surface area contributed by atoms with E-state index in [1.807, 2.05) is 0 Å². The van der Waals surface area contributed by atoms with Gasteiger partial charge >= 0.3 is 12.2 Å². The van der Waals surface area contributed by atoms with E-state index in [9.17, 15) is 26.0 Å². The minimum absolute atomic E-state index is 0.0223. The van der Waals surface area contributed by atoms with Gasteiger partial charge in [-0.25, -0.2) is 26.0 Å². The van der Waals surface area contributed by atoms with Crippen LogP contribution >= 0.6 is 0 Å². The second kappa shape index (κ2) is 14.0. The molecule has 0 N–H and O–H groups in total. The van der Waals surface area contributed by atoms with Crippen molar-refractivity contribution < 1.29 is 53.0 Å². The van der Waals surface area contributed by atoms with Gasteiger partial charge in [-0.15, -0.1) is 0 Å². The summed E-state index contributed by atoms with van der Waals surface area (Å²) in [6.45, 7) is 3.61. The highest BCUT2D eigenvalue weighted by Crippen LogP contribution is 2.39. The zero-order valence-corrected chi connectivity index (χ0v) is 28.4. The quantitative estimate of drug-likeness (QED) is 0.131. The molecule has 0 spiro atoms. The molecule has 4 nitrogen and oxygen atoms in total. The number of halogens is 8. The highest BCUT2D eigenvalue weighted by Gasteiger charge is 2.42. The van der Waals surface area contributed by atoms with Crippen LogP contribution in [-0.4, -0.2) is 8.42 Å². The van der Waals surface area contributed by atoms with Crippen molar-refractivity contribution in [2.75, 3.05) is 0 Å². The molecule has 0 amide bonds. The average molecular weight is 755 g/mol. The summed E-state index contributed by atoms with van der Waals surface area (Å²) in [5.74, 6) is -7.54. The van der Waals surface area contributed by atoms with Gasteiger partial charge < -0.3 is 9.47 Å². The Hall–Kier alpha value is -5.69. The van der Waals surface area contributed by atoms with Crippen LogP contribution in [0.2, 0.25) is 0 Å². The van der Waals surface area contributed by atoms with E-state index in [1.165, 1.54) is 0 Å². The van der Waals surface area contributed by atoms with Crippen molar-refractivity contribution in [1.82, 2.24) is 0 Å². The molecule has 6 rings (SSSR count). The maximum absolute atomic E-state index is 15.0. The van der Waals surface area contributed by atoms with Crippen molar-refractivity contribution in [1.29, 1.82) is 0 Å². The molecule has 0 radical (unpaired) electrons. The van der Waals surface area contributed by atoms with Crippen LogP contribution in [0.25, 0.3) is 22.3 Å². The highest BCUT2D eigenvalue weighted by atomic mass is 32.2. The van der Waals surface area contributed by atoms with Gasteiger partial charge in [0.05, 0.1) is 9.79 Å². The Labute approximate surface area is 298 Å². The summed E-state index contributed by atoms with van der Waals surface area (Å²) >= 11 is 0. The summed E-state index contributed by atoms with van der Waals surface area (Å²) in [7, 11) is -4.38. The summed E-state index contributed by atoms with van der Waals surface area (Å²) < 4.78 is 155. The Balaban J connectivity index is 1.16. The molecular formula is C40H26F8O4S. The fourth-order valence-corrected chi connectivity index (χ4v) is 6.70. The number of rotatable bonds is 10. The van der Waals surface area contributed by atoms with Gasteiger partial charge in [0.1, 0.15) is 45.9 Å². The zero-order chi connectivity index (χ0) is 38.3. The number of ether oxygens (including phenoxy) is 2. The van der Waals surface area contributed by atoms with Crippen LogP contribution in [0.5, 0.6) is 11.5 Å². The first-order chi connectivity index (χ1) is 24.9. The zero-order valence-electron chi connectivity index (χ0n) is 27.6. The van der Waals surface area contributed by atoms with Gasteiger partial charge in [-0.05, 0) is 109 Å². The van der Waals surface area contributed by atoms with Gasteiger partial charge in [0.2, 0.25) is 9.84 Å². The van der Waals surface area contributed by atoms with Crippen LogP contribution in [0.4, 0.5) is 35.1 Å². The molecule has 6 aromatic carbocycles. The molecule has 0 aliphatic heterocycles. The summed E-state index contributed by atoms with van der Waals surface area (Å²) in [6, 6.07) is 22.9. The van der Waals surface area contributed by atoms with Crippen molar-refractivity contribution in [2.45, 2.75) is 35.9 Å². The van der Waals surface area contributed by atoms with E-state index in [0.29, 0.717) is 11.1 Å². The lowest BCUT2D eigenvalue weighted by atomic mass is 10.0. The predicted molar refractivity (Wildman–Crippen MR) is 180 cm³/mol. The van der Waals surface area contributed by atoms with Gasteiger partial charge in [0.25, 0.3) is 0 Å². The van der Waals surface area contributed by atoms with Crippen LogP contribution < -0.4 is 9.47 Å². The third-order valence-corrected chi connectivity index (χ3v) is 9.98. The fraction of sp³-hybridized carbons (Fsp3) is 0.100. The van der Waals surface area contributed by atoms with Gasteiger partial charge in [0, 0.05) is 0 Å². The lowest BCUT2D eigenvalue weighted by Crippen LogP contribution is -2.25. The summed E-state index contributed by atoms with van der Waals surface area (Å²) in [4.78, 5) is -0.880. The highest BCUT2D eigenvalue weighted by molar-refractivity contribution is 7.91. The predicted octanol–water partition coefficient (Wildman–Crippen LogP) is 11.3. The third kappa shape index (κ3) is 7.75. The maximum atomic E-state index is 15.0. The SMILES string of the molecule is Cc1ccc(-c2cc(F)c(C(F)(F)Oc3ccc(S(=O)(=O)c4ccc(OC(F)(F)c5c(F)cc(-c6ccc(C)cc6)cc5F)cc4)cc3)c(F)c2)cc1. The van der Waals surface area contributed by atoms with E-state index >= 15 is 17.6 Å². The number of benzene rings is 6. The lowest BCUT2D eigenvalue weighted by Gasteiger charge is -2.20. The number of hydrogen-bond donors (Lipinski definition) is 0. The molecule has 0 heterocycles. The van der Waals surface area contributed by atoms with E-state index < -0.39 is 77.7 Å². The number of aryl methyl sites for hydroxylation is 2. The number of alkyl halides is 4. The summed E-state index contributed by atoms with van der Waals surface area (Å²) in [5.41, 5.74) is -0.706. The van der Waals surface area contributed by atoms with Crippen LogP contribution in [-0.2, 0) is 22.1 Å². The Morgan fingerprint density at radius 2 is 0.717 bits per heavy atom.